The van der Waals surface area contributed by atoms with Crippen molar-refractivity contribution in [3.8, 4) is 5.75 Å². The second-order valence-corrected chi connectivity index (χ2v) is 8.92. The van der Waals surface area contributed by atoms with Crippen molar-refractivity contribution in [1.29, 1.82) is 0 Å². The highest BCUT2D eigenvalue weighted by Crippen LogP contribution is 2.40. The Hall–Kier alpha value is -2.34. The topological polar surface area (TPSA) is 80.0 Å². The van der Waals surface area contributed by atoms with Crippen molar-refractivity contribution in [2.45, 2.75) is 71.0 Å². The summed E-state index contributed by atoms with van der Waals surface area (Å²) in [6, 6.07) is 5.21. The van der Waals surface area contributed by atoms with Crippen molar-refractivity contribution in [1.82, 2.24) is 4.90 Å². The standard InChI is InChI=1S/C24H31NO5/c1-4-17-13-21(26)30-20-12-15(2)11-19(22(17)20)29-16(3)23(27)25-10-9-24(28)8-6-5-7-18(24)14-25/h11-13,16,18,28H,4-10,14H2,1-3H3/t16-,18+,24+/m1/s1. The minimum absolute atomic E-state index is 0.0623. The molecule has 2 aliphatic rings. The molecule has 0 unspecified atom stereocenters. The van der Waals surface area contributed by atoms with E-state index >= 15 is 0 Å². The van der Waals surface area contributed by atoms with Gasteiger partial charge in [0.05, 0.1) is 11.0 Å². The zero-order valence-corrected chi connectivity index (χ0v) is 18.1. The second-order valence-electron chi connectivity index (χ2n) is 8.92. The first-order chi connectivity index (χ1) is 14.3. The molecule has 0 radical (unpaired) electrons. The minimum Gasteiger partial charge on any atom is -0.480 e. The molecule has 1 aliphatic heterocycles. The number of aliphatic hydroxyl groups is 1. The van der Waals surface area contributed by atoms with E-state index in [1.165, 1.54) is 6.07 Å². The number of aryl methyl sites for hydroxylation is 2. The highest BCUT2D eigenvalue weighted by molar-refractivity contribution is 5.88. The van der Waals surface area contributed by atoms with Crippen LogP contribution >= 0.6 is 0 Å². The van der Waals surface area contributed by atoms with Gasteiger partial charge < -0.3 is 19.2 Å². The Balaban J connectivity index is 1.56. The fourth-order valence-corrected chi connectivity index (χ4v) is 5.11. The van der Waals surface area contributed by atoms with Crippen LogP contribution in [0.5, 0.6) is 5.75 Å². The maximum Gasteiger partial charge on any atom is 0.336 e. The summed E-state index contributed by atoms with van der Waals surface area (Å²) in [5.74, 6) is 0.655. The van der Waals surface area contributed by atoms with Crippen LogP contribution in [0.15, 0.2) is 27.4 Å². The fourth-order valence-electron chi connectivity index (χ4n) is 5.11. The molecule has 6 heteroatoms. The molecule has 1 aliphatic carbocycles. The molecule has 1 N–H and O–H groups in total. The number of piperidine rings is 1. The van der Waals surface area contributed by atoms with E-state index in [-0.39, 0.29) is 17.5 Å². The van der Waals surface area contributed by atoms with Gasteiger partial charge in [-0.05, 0) is 62.8 Å². The first-order valence-corrected chi connectivity index (χ1v) is 11.1. The lowest BCUT2D eigenvalue weighted by molar-refractivity contribution is -0.149. The van der Waals surface area contributed by atoms with Crippen LogP contribution in [0, 0.1) is 12.8 Å². The van der Waals surface area contributed by atoms with Gasteiger partial charge in [0.15, 0.2) is 6.10 Å². The third-order valence-corrected chi connectivity index (χ3v) is 6.81. The molecule has 2 aromatic rings. The summed E-state index contributed by atoms with van der Waals surface area (Å²) in [5.41, 5.74) is 1.24. The number of rotatable bonds is 4. The number of carbonyl (C=O) groups is 1. The number of hydrogen-bond acceptors (Lipinski definition) is 5. The molecular weight excluding hydrogens is 382 g/mol. The van der Waals surface area contributed by atoms with Crippen LogP contribution in [0.4, 0.5) is 0 Å². The number of likely N-dealkylation sites (tertiary alicyclic amines) is 1. The van der Waals surface area contributed by atoms with Crippen LogP contribution < -0.4 is 10.4 Å². The zero-order valence-electron chi connectivity index (χ0n) is 18.1. The van der Waals surface area contributed by atoms with Crippen LogP contribution in [0.2, 0.25) is 0 Å². The molecule has 1 saturated heterocycles. The molecule has 3 atom stereocenters. The van der Waals surface area contributed by atoms with Gasteiger partial charge in [-0.25, -0.2) is 4.79 Å². The molecule has 30 heavy (non-hydrogen) atoms. The maximum absolute atomic E-state index is 13.2. The Morgan fingerprint density at radius 1 is 1.33 bits per heavy atom. The molecular formula is C24H31NO5. The van der Waals surface area contributed by atoms with Crippen LogP contribution in [0.1, 0.15) is 57.1 Å². The van der Waals surface area contributed by atoms with Crippen molar-refractivity contribution in [2.24, 2.45) is 5.92 Å². The first kappa shape index (κ1) is 20.9. The van der Waals surface area contributed by atoms with Gasteiger partial charge in [0.2, 0.25) is 0 Å². The van der Waals surface area contributed by atoms with Crippen molar-refractivity contribution in [2.75, 3.05) is 13.1 Å². The summed E-state index contributed by atoms with van der Waals surface area (Å²) in [6.07, 6.45) is 4.62. The van der Waals surface area contributed by atoms with E-state index in [0.29, 0.717) is 37.3 Å². The third-order valence-electron chi connectivity index (χ3n) is 6.81. The zero-order chi connectivity index (χ0) is 21.5. The Bertz CT molecular complexity index is 1010. The number of amides is 1. The number of ether oxygens (including phenoxy) is 1. The van der Waals surface area contributed by atoms with E-state index in [1.54, 1.807) is 6.92 Å². The molecule has 162 valence electrons. The lowest BCUT2D eigenvalue weighted by Gasteiger charge is -2.47. The van der Waals surface area contributed by atoms with Crippen molar-refractivity contribution >= 4 is 16.9 Å². The SMILES string of the molecule is CCc1cc(=O)oc2cc(C)cc(O[C@H](C)C(=O)N3CC[C@@]4(O)CCCC[C@H]4C3)c12. The van der Waals surface area contributed by atoms with Gasteiger partial charge in [-0.15, -0.1) is 0 Å². The van der Waals surface area contributed by atoms with E-state index in [2.05, 4.69) is 0 Å². The largest absolute Gasteiger partial charge is 0.480 e. The van der Waals surface area contributed by atoms with Crippen LogP contribution in [-0.2, 0) is 11.2 Å². The number of carbonyl (C=O) groups excluding carboxylic acids is 1. The van der Waals surface area contributed by atoms with E-state index < -0.39 is 11.7 Å². The normalized spacial score (nSPS) is 25.1. The van der Waals surface area contributed by atoms with Gasteiger partial charge in [-0.3, -0.25) is 4.79 Å². The predicted molar refractivity (Wildman–Crippen MR) is 115 cm³/mol. The molecule has 2 heterocycles. The number of benzene rings is 1. The van der Waals surface area contributed by atoms with E-state index in [0.717, 1.165) is 42.2 Å². The number of fused-ring (bicyclic) bond motifs is 2. The molecule has 0 bridgehead atoms. The molecule has 1 amide bonds. The fraction of sp³-hybridized carbons (Fsp3) is 0.583. The highest BCUT2D eigenvalue weighted by Gasteiger charge is 2.44. The third kappa shape index (κ3) is 3.85. The Kier molecular flexibility index (Phi) is 5.62. The highest BCUT2D eigenvalue weighted by atomic mass is 16.5. The van der Waals surface area contributed by atoms with Crippen molar-refractivity contribution in [3.63, 3.8) is 0 Å². The summed E-state index contributed by atoms with van der Waals surface area (Å²) in [6.45, 7) is 6.80. The maximum atomic E-state index is 13.2. The smallest absolute Gasteiger partial charge is 0.336 e. The lowest BCUT2D eigenvalue weighted by atomic mass is 9.71. The first-order valence-electron chi connectivity index (χ1n) is 11.1. The minimum atomic E-state index is -0.665. The second kappa shape index (κ2) is 8.06. The average Bonchev–Trinajstić information content (AvgIpc) is 2.71. The number of hydrogen-bond donors (Lipinski definition) is 1. The number of nitrogens with zero attached hydrogens (tertiary/aromatic N) is 1. The molecule has 1 aromatic heterocycles. The van der Waals surface area contributed by atoms with Gasteiger partial charge in [-0.2, -0.15) is 0 Å². The van der Waals surface area contributed by atoms with Gasteiger partial charge in [0.1, 0.15) is 11.3 Å². The lowest BCUT2D eigenvalue weighted by Crippen LogP contribution is -2.56. The van der Waals surface area contributed by atoms with Crippen LogP contribution in [0.3, 0.4) is 0 Å². The monoisotopic (exact) mass is 413 g/mol. The van der Waals surface area contributed by atoms with E-state index in [4.69, 9.17) is 9.15 Å². The molecule has 1 aromatic carbocycles. The van der Waals surface area contributed by atoms with Crippen LogP contribution in [-0.4, -0.2) is 40.7 Å². The average molecular weight is 414 g/mol. The summed E-state index contributed by atoms with van der Waals surface area (Å²) >= 11 is 0. The molecule has 1 saturated carbocycles. The molecule has 2 fully saturated rings. The van der Waals surface area contributed by atoms with E-state index in [1.807, 2.05) is 30.9 Å². The van der Waals surface area contributed by atoms with Gasteiger partial charge in [-0.1, -0.05) is 19.8 Å². The Morgan fingerprint density at radius 2 is 2.13 bits per heavy atom. The van der Waals surface area contributed by atoms with Crippen LogP contribution in [0.25, 0.3) is 11.0 Å². The predicted octanol–water partition coefficient (Wildman–Crippen LogP) is 3.58. The summed E-state index contributed by atoms with van der Waals surface area (Å²) < 4.78 is 11.5. The summed E-state index contributed by atoms with van der Waals surface area (Å²) in [5, 5.41) is 11.6. The quantitative estimate of drug-likeness (QED) is 0.775. The van der Waals surface area contributed by atoms with Crippen molar-refractivity contribution < 1.29 is 19.1 Å². The summed E-state index contributed by atoms with van der Waals surface area (Å²) in [4.78, 5) is 26.9. The molecule has 4 rings (SSSR count). The summed E-state index contributed by atoms with van der Waals surface area (Å²) in [7, 11) is 0. The van der Waals surface area contributed by atoms with Gasteiger partial charge in [0, 0.05) is 25.1 Å². The molecule has 6 nitrogen and oxygen atoms in total. The molecule has 0 spiro atoms. The van der Waals surface area contributed by atoms with Gasteiger partial charge in [0.25, 0.3) is 5.91 Å². The van der Waals surface area contributed by atoms with E-state index in [9.17, 15) is 14.7 Å². The van der Waals surface area contributed by atoms with Gasteiger partial charge >= 0.3 is 5.63 Å². The van der Waals surface area contributed by atoms with Crippen molar-refractivity contribution in [3.05, 3.63) is 39.7 Å². The Morgan fingerprint density at radius 3 is 2.90 bits per heavy atom. The Labute approximate surface area is 176 Å².